The number of unbranched alkanes of at least 4 members (excludes halogenated alkanes) is 1. The van der Waals surface area contributed by atoms with Crippen LogP contribution in [0.1, 0.15) is 38.3 Å². The number of ether oxygens (including phenoxy) is 2. The number of phenolic OH excluding ortho intramolecular Hbond substituents is 1. The highest BCUT2D eigenvalue weighted by atomic mass is 16.5. The van der Waals surface area contributed by atoms with Crippen LogP contribution in [0.4, 0.5) is 4.79 Å². The van der Waals surface area contributed by atoms with Crippen LogP contribution in [-0.2, 0) is 9.53 Å². The van der Waals surface area contributed by atoms with E-state index in [0.29, 0.717) is 23.4 Å². The van der Waals surface area contributed by atoms with Gasteiger partial charge in [-0.2, -0.15) is 0 Å². The van der Waals surface area contributed by atoms with Crippen LogP contribution in [0.15, 0.2) is 29.5 Å². The van der Waals surface area contributed by atoms with Gasteiger partial charge < -0.3 is 24.8 Å². The van der Waals surface area contributed by atoms with E-state index in [4.69, 9.17) is 9.47 Å². The van der Waals surface area contributed by atoms with E-state index in [2.05, 4.69) is 5.32 Å². The molecular weight excluding hydrogens is 324 g/mol. The minimum atomic E-state index is -0.674. The molecule has 0 spiro atoms. The molecule has 2 rings (SSSR count). The molecule has 0 aliphatic carbocycles. The van der Waals surface area contributed by atoms with E-state index in [0.717, 1.165) is 12.8 Å². The van der Waals surface area contributed by atoms with Crippen LogP contribution in [-0.4, -0.2) is 42.8 Å². The third-order valence-corrected chi connectivity index (χ3v) is 4.24. The van der Waals surface area contributed by atoms with E-state index < -0.39 is 12.0 Å². The van der Waals surface area contributed by atoms with E-state index in [1.807, 2.05) is 6.92 Å². The lowest BCUT2D eigenvalue weighted by atomic mass is 9.94. The van der Waals surface area contributed by atoms with E-state index >= 15 is 0 Å². The van der Waals surface area contributed by atoms with Gasteiger partial charge in [0.05, 0.1) is 25.3 Å². The van der Waals surface area contributed by atoms with Crippen LogP contribution in [0.5, 0.6) is 11.5 Å². The van der Waals surface area contributed by atoms with Gasteiger partial charge in [-0.05, 0) is 31.0 Å². The number of carbonyl (C=O) groups excluding carboxylic acids is 2. The standard InChI is InChI=1S/C18H24N2O5/c1-5-6-9-25-17(22)15-11(2)20(3)18(23)19-16(15)12-7-8-13(21)14(10-12)24-4/h7-8,10,16,21H,5-6,9H2,1-4H3,(H,19,23)/t16-/m1/s1. The second kappa shape index (κ2) is 7.92. The first-order valence-corrected chi connectivity index (χ1v) is 8.19. The summed E-state index contributed by atoms with van der Waals surface area (Å²) >= 11 is 0. The normalized spacial score (nSPS) is 17.4. The smallest absolute Gasteiger partial charge is 0.338 e. The molecule has 0 aromatic heterocycles. The molecule has 0 saturated carbocycles. The van der Waals surface area contributed by atoms with Gasteiger partial charge in [-0.3, -0.25) is 0 Å². The van der Waals surface area contributed by atoms with Crippen LogP contribution in [0.2, 0.25) is 0 Å². The maximum Gasteiger partial charge on any atom is 0.338 e. The van der Waals surface area contributed by atoms with Gasteiger partial charge in [0.1, 0.15) is 0 Å². The lowest BCUT2D eigenvalue weighted by Gasteiger charge is -2.33. The van der Waals surface area contributed by atoms with Crippen molar-refractivity contribution >= 4 is 12.0 Å². The molecular formula is C18H24N2O5. The number of amides is 2. The minimum absolute atomic E-state index is 0.0155. The predicted molar refractivity (Wildman–Crippen MR) is 92.3 cm³/mol. The summed E-state index contributed by atoms with van der Waals surface area (Å²) in [4.78, 5) is 26.2. The summed E-state index contributed by atoms with van der Waals surface area (Å²) in [7, 11) is 3.03. The zero-order valence-corrected chi connectivity index (χ0v) is 15.0. The number of aromatic hydroxyl groups is 1. The van der Waals surface area contributed by atoms with E-state index in [1.165, 1.54) is 18.1 Å². The molecule has 0 unspecified atom stereocenters. The lowest BCUT2D eigenvalue weighted by molar-refractivity contribution is -0.139. The topological polar surface area (TPSA) is 88.1 Å². The number of benzene rings is 1. The first-order chi connectivity index (χ1) is 11.9. The Balaban J connectivity index is 2.42. The number of hydrogen-bond donors (Lipinski definition) is 2. The van der Waals surface area contributed by atoms with Crippen molar-refractivity contribution in [3.63, 3.8) is 0 Å². The second-order valence-corrected chi connectivity index (χ2v) is 5.86. The SMILES string of the molecule is CCCCOC(=O)C1=C(C)N(C)C(=O)N[C@@H]1c1ccc(O)c(OC)c1. The number of nitrogens with one attached hydrogen (secondary N) is 1. The number of carbonyl (C=O) groups is 2. The molecule has 1 aromatic rings. The highest BCUT2D eigenvalue weighted by Gasteiger charge is 2.35. The molecule has 0 fully saturated rings. The number of esters is 1. The van der Waals surface area contributed by atoms with Crippen LogP contribution >= 0.6 is 0 Å². The third kappa shape index (κ3) is 3.87. The predicted octanol–water partition coefficient (Wildman–Crippen LogP) is 2.71. The van der Waals surface area contributed by atoms with Crippen LogP contribution < -0.4 is 10.1 Å². The first kappa shape index (κ1) is 18.6. The number of allylic oxidation sites excluding steroid dienone is 1. The molecule has 1 heterocycles. The average Bonchev–Trinajstić information content (AvgIpc) is 2.60. The Morgan fingerprint density at radius 3 is 2.76 bits per heavy atom. The van der Waals surface area contributed by atoms with Crippen molar-refractivity contribution in [1.82, 2.24) is 10.2 Å². The highest BCUT2D eigenvalue weighted by molar-refractivity contribution is 5.95. The Kier molecular flexibility index (Phi) is 5.90. The van der Waals surface area contributed by atoms with Gasteiger partial charge in [0.25, 0.3) is 0 Å². The molecule has 0 radical (unpaired) electrons. The van der Waals surface area contributed by atoms with Crippen LogP contribution in [0.25, 0.3) is 0 Å². The Hall–Kier alpha value is -2.70. The van der Waals surface area contributed by atoms with Gasteiger partial charge in [-0.25, -0.2) is 9.59 Å². The molecule has 1 aliphatic heterocycles. The molecule has 136 valence electrons. The summed E-state index contributed by atoms with van der Waals surface area (Å²) in [6.07, 6.45) is 1.69. The van der Waals surface area contributed by atoms with Crippen molar-refractivity contribution in [3.05, 3.63) is 35.0 Å². The monoisotopic (exact) mass is 348 g/mol. The van der Waals surface area contributed by atoms with Gasteiger partial charge in [-0.1, -0.05) is 19.4 Å². The van der Waals surface area contributed by atoms with Crippen molar-refractivity contribution in [2.24, 2.45) is 0 Å². The summed E-state index contributed by atoms with van der Waals surface area (Å²) in [5.41, 5.74) is 1.52. The summed E-state index contributed by atoms with van der Waals surface area (Å²) in [5.74, 6) is -0.213. The fourth-order valence-corrected chi connectivity index (χ4v) is 2.61. The Labute approximate surface area is 147 Å². The van der Waals surface area contributed by atoms with E-state index in [9.17, 15) is 14.7 Å². The van der Waals surface area contributed by atoms with Crippen molar-refractivity contribution < 1.29 is 24.2 Å². The number of nitrogens with zero attached hydrogens (tertiary/aromatic N) is 1. The van der Waals surface area contributed by atoms with Crippen molar-refractivity contribution in [2.75, 3.05) is 20.8 Å². The Morgan fingerprint density at radius 2 is 2.12 bits per heavy atom. The second-order valence-electron chi connectivity index (χ2n) is 5.86. The van der Waals surface area contributed by atoms with Crippen molar-refractivity contribution in [2.45, 2.75) is 32.7 Å². The number of urea groups is 1. The molecule has 7 heteroatoms. The molecule has 0 saturated heterocycles. The number of phenols is 1. The summed E-state index contributed by atoms with van der Waals surface area (Å²) in [6, 6.07) is 3.71. The molecule has 2 amide bonds. The average molecular weight is 348 g/mol. The Bertz CT molecular complexity index is 699. The largest absolute Gasteiger partial charge is 0.504 e. The quantitative estimate of drug-likeness (QED) is 0.610. The fraction of sp³-hybridized carbons (Fsp3) is 0.444. The maximum atomic E-state index is 12.6. The highest BCUT2D eigenvalue weighted by Crippen LogP contribution is 2.35. The van der Waals surface area contributed by atoms with Crippen molar-refractivity contribution in [1.29, 1.82) is 0 Å². The van der Waals surface area contributed by atoms with Gasteiger partial charge in [-0.15, -0.1) is 0 Å². The van der Waals surface area contributed by atoms with E-state index in [-0.39, 0.29) is 17.5 Å². The molecule has 1 aromatic carbocycles. The van der Waals surface area contributed by atoms with Gasteiger partial charge in [0.2, 0.25) is 0 Å². The van der Waals surface area contributed by atoms with Crippen LogP contribution in [0.3, 0.4) is 0 Å². The van der Waals surface area contributed by atoms with Gasteiger partial charge in [0, 0.05) is 12.7 Å². The molecule has 2 N–H and O–H groups in total. The lowest BCUT2D eigenvalue weighted by Crippen LogP contribution is -2.46. The van der Waals surface area contributed by atoms with E-state index in [1.54, 1.807) is 26.1 Å². The maximum absolute atomic E-state index is 12.6. The number of hydrogen-bond acceptors (Lipinski definition) is 5. The number of methoxy groups -OCH3 is 1. The molecule has 25 heavy (non-hydrogen) atoms. The molecule has 1 atom stereocenters. The minimum Gasteiger partial charge on any atom is -0.504 e. The summed E-state index contributed by atoms with van der Waals surface area (Å²) in [5, 5.41) is 12.6. The zero-order valence-electron chi connectivity index (χ0n) is 15.0. The van der Waals surface area contributed by atoms with Crippen molar-refractivity contribution in [3.8, 4) is 11.5 Å². The first-order valence-electron chi connectivity index (χ1n) is 8.19. The zero-order chi connectivity index (χ0) is 18.6. The summed E-state index contributed by atoms with van der Waals surface area (Å²) < 4.78 is 10.5. The molecule has 1 aliphatic rings. The molecule has 0 bridgehead atoms. The van der Waals surface area contributed by atoms with Gasteiger partial charge >= 0.3 is 12.0 Å². The number of rotatable bonds is 6. The van der Waals surface area contributed by atoms with Crippen LogP contribution in [0, 0.1) is 0 Å². The third-order valence-electron chi connectivity index (χ3n) is 4.24. The van der Waals surface area contributed by atoms with Gasteiger partial charge in [0.15, 0.2) is 11.5 Å². The summed E-state index contributed by atoms with van der Waals surface area (Å²) in [6.45, 7) is 4.05. The Morgan fingerprint density at radius 1 is 1.40 bits per heavy atom. The fourth-order valence-electron chi connectivity index (χ4n) is 2.61. The molecule has 7 nitrogen and oxygen atoms in total.